The Labute approximate surface area is 70.0 Å². The summed E-state index contributed by atoms with van der Waals surface area (Å²) in [5.74, 6) is -0.850. The molecule has 1 rings (SSSR count). The van der Waals surface area contributed by atoms with Crippen molar-refractivity contribution < 1.29 is 9.90 Å². The van der Waals surface area contributed by atoms with Gasteiger partial charge in [0.15, 0.2) is 0 Å². The maximum Gasteiger partial charge on any atom is 0.317 e. The SMILES string of the molecule is Cn1nccc1CNCC(=O)O. The fraction of sp³-hybridized carbons (Fsp3) is 0.429. The summed E-state index contributed by atoms with van der Waals surface area (Å²) >= 11 is 0. The lowest BCUT2D eigenvalue weighted by molar-refractivity contribution is -0.136. The maximum atomic E-state index is 10.1. The van der Waals surface area contributed by atoms with Crippen molar-refractivity contribution in [3.63, 3.8) is 0 Å². The van der Waals surface area contributed by atoms with Crippen molar-refractivity contribution >= 4 is 5.97 Å². The van der Waals surface area contributed by atoms with Crippen LogP contribution in [-0.2, 0) is 18.4 Å². The Bertz CT molecular complexity index is 269. The van der Waals surface area contributed by atoms with E-state index in [0.717, 1.165) is 5.69 Å². The Morgan fingerprint density at radius 3 is 3.08 bits per heavy atom. The Balaban J connectivity index is 2.33. The zero-order valence-electron chi connectivity index (χ0n) is 6.82. The quantitative estimate of drug-likeness (QED) is 0.643. The molecule has 0 amide bonds. The van der Waals surface area contributed by atoms with Crippen LogP contribution in [0.1, 0.15) is 5.69 Å². The summed E-state index contributed by atoms with van der Waals surface area (Å²) in [6.07, 6.45) is 1.68. The number of carboxylic acids is 1. The largest absolute Gasteiger partial charge is 0.480 e. The second-order valence-corrected chi connectivity index (χ2v) is 2.44. The smallest absolute Gasteiger partial charge is 0.317 e. The van der Waals surface area contributed by atoms with Crippen LogP contribution >= 0.6 is 0 Å². The van der Waals surface area contributed by atoms with Crippen LogP contribution in [0.25, 0.3) is 0 Å². The summed E-state index contributed by atoms with van der Waals surface area (Å²) < 4.78 is 1.70. The van der Waals surface area contributed by atoms with Gasteiger partial charge in [0, 0.05) is 19.8 Å². The summed E-state index contributed by atoms with van der Waals surface area (Å²) in [6, 6.07) is 1.84. The molecule has 0 unspecified atom stereocenters. The highest BCUT2D eigenvalue weighted by Crippen LogP contribution is 1.93. The molecule has 0 aromatic carbocycles. The number of carbonyl (C=O) groups is 1. The van der Waals surface area contributed by atoms with E-state index in [0.29, 0.717) is 6.54 Å². The zero-order chi connectivity index (χ0) is 8.97. The second kappa shape index (κ2) is 3.87. The lowest BCUT2D eigenvalue weighted by atomic mass is 10.4. The van der Waals surface area contributed by atoms with Gasteiger partial charge in [-0.3, -0.25) is 9.48 Å². The molecule has 5 heteroatoms. The van der Waals surface area contributed by atoms with Crippen LogP contribution in [0.2, 0.25) is 0 Å². The second-order valence-electron chi connectivity index (χ2n) is 2.44. The molecule has 0 atom stereocenters. The minimum Gasteiger partial charge on any atom is -0.480 e. The third-order valence-electron chi connectivity index (χ3n) is 1.50. The molecule has 0 radical (unpaired) electrons. The van der Waals surface area contributed by atoms with Crippen LogP contribution in [0.5, 0.6) is 0 Å². The molecule has 0 fully saturated rings. The first-order valence-corrected chi connectivity index (χ1v) is 3.59. The molecular formula is C7H11N3O2. The van der Waals surface area contributed by atoms with Crippen LogP contribution in [0.15, 0.2) is 12.3 Å². The summed E-state index contributed by atoms with van der Waals surface area (Å²) in [7, 11) is 1.82. The Hall–Kier alpha value is -1.36. The number of aryl methyl sites for hydroxylation is 1. The third-order valence-corrected chi connectivity index (χ3v) is 1.50. The minimum atomic E-state index is -0.850. The Morgan fingerprint density at radius 2 is 2.58 bits per heavy atom. The lowest BCUT2D eigenvalue weighted by Crippen LogP contribution is -2.23. The highest BCUT2D eigenvalue weighted by Gasteiger charge is 1.99. The summed E-state index contributed by atoms with van der Waals surface area (Å²) in [5, 5.41) is 15.0. The highest BCUT2D eigenvalue weighted by molar-refractivity contribution is 5.68. The molecule has 0 aliphatic carbocycles. The Morgan fingerprint density at radius 1 is 1.83 bits per heavy atom. The maximum absolute atomic E-state index is 10.1. The van der Waals surface area contributed by atoms with Gasteiger partial charge < -0.3 is 10.4 Å². The van der Waals surface area contributed by atoms with Crippen molar-refractivity contribution in [2.45, 2.75) is 6.54 Å². The highest BCUT2D eigenvalue weighted by atomic mass is 16.4. The number of aliphatic carboxylic acids is 1. The first-order chi connectivity index (χ1) is 5.70. The molecule has 1 aromatic rings. The number of hydrogen-bond acceptors (Lipinski definition) is 3. The van der Waals surface area contributed by atoms with E-state index in [1.807, 2.05) is 13.1 Å². The van der Waals surface area contributed by atoms with Gasteiger partial charge in [-0.25, -0.2) is 0 Å². The van der Waals surface area contributed by atoms with E-state index in [9.17, 15) is 4.79 Å². The topological polar surface area (TPSA) is 67.2 Å². The fourth-order valence-electron chi connectivity index (χ4n) is 0.872. The van der Waals surface area contributed by atoms with Crippen LogP contribution in [0.4, 0.5) is 0 Å². The molecule has 2 N–H and O–H groups in total. The molecule has 66 valence electrons. The van der Waals surface area contributed by atoms with Crippen molar-refractivity contribution in [2.24, 2.45) is 7.05 Å². The summed E-state index contributed by atoms with van der Waals surface area (Å²) in [4.78, 5) is 10.1. The van der Waals surface area contributed by atoms with E-state index in [1.54, 1.807) is 10.9 Å². The number of aromatic nitrogens is 2. The van der Waals surface area contributed by atoms with E-state index in [-0.39, 0.29) is 6.54 Å². The predicted octanol–water partition coefficient (Wildman–Crippen LogP) is -0.406. The Kier molecular flexibility index (Phi) is 2.82. The number of nitrogens with zero attached hydrogens (tertiary/aromatic N) is 2. The molecule has 1 heterocycles. The normalized spacial score (nSPS) is 10.1. The average Bonchev–Trinajstić information content (AvgIpc) is 2.36. The average molecular weight is 169 g/mol. The van der Waals surface area contributed by atoms with E-state index in [2.05, 4.69) is 10.4 Å². The van der Waals surface area contributed by atoms with Crippen LogP contribution < -0.4 is 5.32 Å². The van der Waals surface area contributed by atoms with Gasteiger partial charge in [-0.1, -0.05) is 0 Å². The van der Waals surface area contributed by atoms with Gasteiger partial charge in [0.1, 0.15) is 0 Å². The molecule has 0 saturated carbocycles. The lowest BCUT2D eigenvalue weighted by Gasteiger charge is -2.01. The molecule has 0 saturated heterocycles. The standard InChI is InChI=1S/C7H11N3O2/c1-10-6(2-3-9-10)4-8-5-7(11)12/h2-3,8H,4-5H2,1H3,(H,11,12). The first kappa shape index (κ1) is 8.73. The molecule has 12 heavy (non-hydrogen) atoms. The van der Waals surface area contributed by atoms with Gasteiger partial charge in [0.05, 0.1) is 12.2 Å². The van der Waals surface area contributed by atoms with Gasteiger partial charge >= 0.3 is 5.97 Å². The third kappa shape index (κ3) is 2.35. The van der Waals surface area contributed by atoms with E-state index < -0.39 is 5.97 Å². The van der Waals surface area contributed by atoms with Crippen molar-refractivity contribution in [1.29, 1.82) is 0 Å². The molecule has 0 spiro atoms. The molecule has 0 aliphatic heterocycles. The number of nitrogens with one attached hydrogen (secondary N) is 1. The summed E-state index contributed by atoms with van der Waals surface area (Å²) in [5.41, 5.74) is 0.969. The van der Waals surface area contributed by atoms with Gasteiger partial charge in [0.25, 0.3) is 0 Å². The van der Waals surface area contributed by atoms with Crippen molar-refractivity contribution in [3.05, 3.63) is 18.0 Å². The van der Waals surface area contributed by atoms with Crippen LogP contribution in [-0.4, -0.2) is 27.4 Å². The number of rotatable bonds is 4. The summed E-state index contributed by atoms with van der Waals surface area (Å²) in [6.45, 7) is 0.508. The van der Waals surface area contributed by atoms with Crippen molar-refractivity contribution in [2.75, 3.05) is 6.54 Å². The van der Waals surface area contributed by atoms with E-state index in [1.165, 1.54) is 0 Å². The predicted molar refractivity (Wildman–Crippen MR) is 42.6 cm³/mol. The van der Waals surface area contributed by atoms with Crippen molar-refractivity contribution in [3.8, 4) is 0 Å². The molecule has 5 nitrogen and oxygen atoms in total. The van der Waals surface area contributed by atoms with Gasteiger partial charge in [-0.05, 0) is 6.07 Å². The monoisotopic (exact) mass is 169 g/mol. The van der Waals surface area contributed by atoms with Gasteiger partial charge in [-0.15, -0.1) is 0 Å². The van der Waals surface area contributed by atoms with E-state index in [4.69, 9.17) is 5.11 Å². The minimum absolute atomic E-state index is 0.0226. The van der Waals surface area contributed by atoms with E-state index >= 15 is 0 Å². The zero-order valence-corrected chi connectivity index (χ0v) is 6.82. The van der Waals surface area contributed by atoms with Gasteiger partial charge in [0.2, 0.25) is 0 Å². The van der Waals surface area contributed by atoms with Crippen LogP contribution in [0, 0.1) is 0 Å². The van der Waals surface area contributed by atoms with Gasteiger partial charge in [-0.2, -0.15) is 5.10 Å². The molecule has 1 aromatic heterocycles. The fourth-order valence-corrected chi connectivity index (χ4v) is 0.872. The molecule has 0 bridgehead atoms. The number of carboxylic acid groups (broad SMARTS) is 1. The molecule has 0 aliphatic rings. The number of hydrogen-bond donors (Lipinski definition) is 2. The molecular weight excluding hydrogens is 158 g/mol. The first-order valence-electron chi connectivity index (χ1n) is 3.59. The van der Waals surface area contributed by atoms with Crippen LogP contribution in [0.3, 0.4) is 0 Å². The van der Waals surface area contributed by atoms with Crippen molar-refractivity contribution in [1.82, 2.24) is 15.1 Å².